The fourth-order valence-corrected chi connectivity index (χ4v) is 4.85. The molecule has 1 aliphatic rings. The highest BCUT2D eigenvalue weighted by Gasteiger charge is 2.22. The Morgan fingerprint density at radius 1 is 1.11 bits per heavy atom. The molecule has 0 saturated carbocycles. The van der Waals surface area contributed by atoms with Crippen LogP contribution in [0, 0.1) is 0 Å². The van der Waals surface area contributed by atoms with E-state index in [1.165, 1.54) is 11.3 Å². The minimum absolute atomic E-state index is 0. The molecule has 0 aliphatic carbocycles. The number of unbranched alkanes of at least 4 members (excludes halogenated alkanes) is 1. The SMILES string of the molecule is CCCCOc1ccc(C(=O)N(CCCN2CCOCC2)c2nc3cc(OC)ccc3s2)cc1.Cl. The standard InChI is InChI=1S/C26H33N3O4S.ClH/c1-3-4-16-33-21-8-6-20(7-9-21)25(30)29(13-5-12-28-14-17-32-18-15-28)26-27-23-19-22(31-2)10-11-24(23)34-26;/h6-11,19H,3-5,12-18H2,1-2H3;1H. The number of anilines is 1. The number of morpholine rings is 1. The Balaban J connectivity index is 0.00000342. The third-order valence-electron chi connectivity index (χ3n) is 5.89. The van der Waals surface area contributed by atoms with Crippen molar-refractivity contribution < 1.29 is 19.0 Å². The number of aromatic nitrogens is 1. The van der Waals surface area contributed by atoms with Crippen LogP contribution in [0.4, 0.5) is 5.13 Å². The molecule has 2 heterocycles. The van der Waals surface area contributed by atoms with Gasteiger partial charge in [-0.2, -0.15) is 0 Å². The fourth-order valence-electron chi connectivity index (χ4n) is 3.88. The summed E-state index contributed by atoms with van der Waals surface area (Å²) in [6, 6.07) is 13.3. The molecule has 2 aromatic carbocycles. The number of hydrogen-bond donors (Lipinski definition) is 0. The second-order valence-corrected chi connectivity index (χ2v) is 9.33. The number of hydrogen-bond acceptors (Lipinski definition) is 7. The van der Waals surface area contributed by atoms with Crippen LogP contribution in [0.2, 0.25) is 0 Å². The molecule has 7 nitrogen and oxygen atoms in total. The first-order chi connectivity index (χ1) is 16.7. The van der Waals surface area contributed by atoms with Crippen molar-refractivity contribution in [3.8, 4) is 11.5 Å². The number of rotatable bonds is 11. The van der Waals surface area contributed by atoms with Gasteiger partial charge in [-0.25, -0.2) is 4.98 Å². The first-order valence-corrected chi connectivity index (χ1v) is 12.8. The van der Waals surface area contributed by atoms with Crippen LogP contribution in [0.1, 0.15) is 36.5 Å². The maximum absolute atomic E-state index is 13.6. The Labute approximate surface area is 217 Å². The third-order valence-corrected chi connectivity index (χ3v) is 6.95. The van der Waals surface area contributed by atoms with Gasteiger partial charge >= 0.3 is 0 Å². The number of methoxy groups -OCH3 is 1. The molecular formula is C26H34ClN3O4S. The summed E-state index contributed by atoms with van der Waals surface area (Å²) in [6.07, 6.45) is 2.97. The second-order valence-electron chi connectivity index (χ2n) is 8.32. The quantitative estimate of drug-likeness (QED) is 0.321. The molecule has 35 heavy (non-hydrogen) atoms. The van der Waals surface area contributed by atoms with E-state index in [1.54, 1.807) is 7.11 Å². The average molecular weight is 520 g/mol. The Hall–Kier alpha value is -2.39. The number of ether oxygens (including phenoxy) is 3. The molecule has 1 aliphatic heterocycles. The minimum atomic E-state index is -0.0480. The zero-order valence-electron chi connectivity index (χ0n) is 20.4. The second kappa shape index (κ2) is 13.6. The molecule has 4 rings (SSSR count). The van der Waals surface area contributed by atoms with Gasteiger partial charge in [0.05, 0.1) is 37.1 Å². The van der Waals surface area contributed by atoms with Crippen molar-refractivity contribution in [3.63, 3.8) is 0 Å². The molecule has 190 valence electrons. The maximum atomic E-state index is 13.6. The van der Waals surface area contributed by atoms with Crippen molar-refractivity contribution in [2.45, 2.75) is 26.2 Å². The van der Waals surface area contributed by atoms with Crippen LogP contribution >= 0.6 is 23.7 Å². The van der Waals surface area contributed by atoms with E-state index in [0.717, 1.165) is 73.8 Å². The van der Waals surface area contributed by atoms with Crippen LogP contribution in [0.25, 0.3) is 10.2 Å². The molecule has 0 radical (unpaired) electrons. The van der Waals surface area contributed by atoms with Crippen molar-refractivity contribution >= 4 is 45.0 Å². The topological polar surface area (TPSA) is 64.1 Å². The van der Waals surface area contributed by atoms with Gasteiger partial charge < -0.3 is 14.2 Å². The summed E-state index contributed by atoms with van der Waals surface area (Å²) < 4.78 is 17.6. The molecule has 9 heteroatoms. The van der Waals surface area contributed by atoms with Gasteiger partial charge in [0.25, 0.3) is 5.91 Å². The predicted molar refractivity (Wildman–Crippen MR) is 144 cm³/mol. The first kappa shape index (κ1) is 27.2. The molecule has 0 spiro atoms. The number of fused-ring (bicyclic) bond motifs is 1. The molecule has 1 amide bonds. The summed E-state index contributed by atoms with van der Waals surface area (Å²) in [6.45, 7) is 7.77. The highest BCUT2D eigenvalue weighted by Crippen LogP contribution is 2.32. The molecule has 3 aromatic rings. The van der Waals surface area contributed by atoms with E-state index in [0.29, 0.717) is 23.8 Å². The molecule has 0 unspecified atom stereocenters. The lowest BCUT2D eigenvalue weighted by Crippen LogP contribution is -2.39. The number of amides is 1. The van der Waals surface area contributed by atoms with E-state index < -0.39 is 0 Å². The number of carbonyl (C=O) groups is 1. The van der Waals surface area contributed by atoms with E-state index in [2.05, 4.69) is 11.8 Å². The van der Waals surface area contributed by atoms with Gasteiger partial charge in [-0.3, -0.25) is 14.6 Å². The Morgan fingerprint density at radius 2 is 1.86 bits per heavy atom. The lowest BCUT2D eigenvalue weighted by Gasteiger charge is -2.27. The van der Waals surface area contributed by atoms with Gasteiger partial charge in [0.2, 0.25) is 0 Å². The largest absolute Gasteiger partial charge is 0.497 e. The van der Waals surface area contributed by atoms with Gasteiger partial charge in [0.15, 0.2) is 5.13 Å². The van der Waals surface area contributed by atoms with Crippen molar-refractivity contribution in [2.75, 3.05) is 58.0 Å². The van der Waals surface area contributed by atoms with Crippen LogP contribution < -0.4 is 14.4 Å². The van der Waals surface area contributed by atoms with E-state index >= 15 is 0 Å². The van der Waals surface area contributed by atoms with Crippen LogP contribution in [0.15, 0.2) is 42.5 Å². The zero-order chi connectivity index (χ0) is 23.8. The number of carbonyl (C=O) groups excluding carboxylic acids is 1. The summed E-state index contributed by atoms with van der Waals surface area (Å²) in [4.78, 5) is 22.6. The number of benzene rings is 2. The van der Waals surface area contributed by atoms with Crippen LogP contribution in [0.5, 0.6) is 11.5 Å². The van der Waals surface area contributed by atoms with Gasteiger partial charge in [-0.1, -0.05) is 24.7 Å². The van der Waals surface area contributed by atoms with Crippen LogP contribution in [0.3, 0.4) is 0 Å². The Bertz CT molecular complexity index is 1070. The highest BCUT2D eigenvalue weighted by atomic mass is 35.5. The van der Waals surface area contributed by atoms with Crippen LogP contribution in [-0.4, -0.2) is 68.9 Å². The normalized spacial score (nSPS) is 13.9. The summed E-state index contributed by atoms with van der Waals surface area (Å²) in [5, 5.41) is 0.707. The van der Waals surface area contributed by atoms with Crippen LogP contribution in [-0.2, 0) is 4.74 Å². The molecule has 0 N–H and O–H groups in total. The van der Waals surface area contributed by atoms with Crippen molar-refractivity contribution in [2.24, 2.45) is 0 Å². The molecular weight excluding hydrogens is 486 g/mol. The first-order valence-electron chi connectivity index (χ1n) is 12.0. The lowest BCUT2D eigenvalue weighted by molar-refractivity contribution is 0.0376. The predicted octanol–water partition coefficient (Wildman–Crippen LogP) is 5.27. The summed E-state index contributed by atoms with van der Waals surface area (Å²) in [5.41, 5.74) is 1.47. The molecule has 1 aromatic heterocycles. The van der Waals surface area contributed by atoms with E-state index in [1.807, 2.05) is 47.4 Å². The number of nitrogens with zero attached hydrogens (tertiary/aromatic N) is 3. The van der Waals surface area contributed by atoms with E-state index in [-0.39, 0.29) is 18.3 Å². The van der Waals surface area contributed by atoms with Gasteiger partial charge in [0.1, 0.15) is 11.5 Å². The molecule has 0 bridgehead atoms. The van der Waals surface area contributed by atoms with Crippen molar-refractivity contribution in [1.29, 1.82) is 0 Å². The number of thiazole rings is 1. The summed E-state index contributed by atoms with van der Waals surface area (Å²) in [7, 11) is 1.64. The van der Waals surface area contributed by atoms with E-state index in [9.17, 15) is 4.79 Å². The van der Waals surface area contributed by atoms with Crippen molar-refractivity contribution in [3.05, 3.63) is 48.0 Å². The van der Waals surface area contributed by atoms with Gasteiger partial charge in [-0.05, 0) is 49.2 Å². The molecule has 1 fully saturated rings. The third kappa shape index (κ3) is 7.30. The fraction of sp³-hybridized carbons (Fsp3) is 0.462. The van der Waals surface area contributed by atoms with Gasteiger partial charge in [0, 0.05) is 37.8 Å². The zero-order valence-corrected chi connectivity index (χ0v) is 22.0. The highest BCUT2D eigenvalue weighted by molar-refractivity contribution is 7.22. The van der Waals surface area contributed by atoms with Crippen molar-refractivity contribution in [1.82, 2.24) is 9.88 Å². The summed E-state index contributed by atoms with van der Waals surface area (Å²) >= 11 is 1.53. The summed E-state index contributed by atoms with van der Waals surface area (Å²) in [5.74, 6) is 1.50. The number of halogens is 1. The molecule has 1 saturated heterocycles. The minimum Gasteiger partial charge on any atom is -0.497 e. The average Bonchev–Trinajstić information content (AvgIpc) is 3.30. The monoisotopic (exact) mass is 519 g/mol. The lowest BCUT2D eigenvalue weighted by atomic mass is 10.2. The Kier molecular flexibility index (Phi) is 10.6. The smallest absolute Gasteiger partial charge is 0.260 e. The van der Waals surface area contributed by atoms with E-state index in [4.69, 9.17) is 19.2 Å². The van der Waals surface area contributed by atoms with Gasteiger partial charge in [-0.15, -0.1) is 12.4 Å². The molecule has 0 atom stereocenters. The maximum Gasteiger partial charge on any atom is 0.260 e. The Morgan fingerprint density at radius 3 is 2.57 bits per heavy atom.